The molecule has 92 valence electrons. The topological polar surface area (TPSA) is 127 Å². The van der Waals surface area contributed by atoms with Crippen LogP contribution >= 0.6 is 0 Å². The van der Waals surface area contributed by atoms with E-state index in [1.807, 2.05) is 5.32 Å². The van der Waals surface area contributed by atoms with Crippen molar-refractivity contribution in [1.29, 1.82) is 0 Å². The number of benzene rings is 1. The third-order valence-electron chi connectivity index (χ3n) is 2.01. The first-order valence-electron chi connectivity index (χ1n) is 4.62. The zero-order valence-electron chi connectivity index (χ0n) is 8.62. The summed E-state index contributed by atoms with van der Waals surface area (Å²) in [5.74, 6) is -2.95. The first-order chi connectivity index (χ1) is 7.95. The second-order valence-corrected chi connectivity index (χ2v) is 3.25. The minimum atomic E-state index is -1.47. The Hall–Kier alpha value is -2.28. The van der Waals surface area contributed by atoms with Crippen LogP contribution < -0.4 is 5.32 Å². The van der Waals surface area contributed by atoms with Gasteiger partial charge in [0, 0.05) is 0 Å². The highest BCUT2D eigenvalue weighted by Crippen LogP contribution is 2.21. The van der Waals surface area contributed by atoms with E-state index in [9.17, 15) is 14.7 Å². The van der Waals surface area contributed by atoms with Gasteiger partial charge >= 0.3 is 5.97 Å². The van der Waals surface area contributed by atoms with Gasteiger partial charge in [-0.25, -0.2) is 4.79 Å². The number of aromatic hydroxyl groups is 2. The predicted octanol–water partition coefficient (Wildman–Crippen LogP) is -0.727. The molecule has 17 heavy (non-hydrogen) atoms. The monoisotopic (exact) mass is 241 g/mol. The number of phenols is 2. The number of amides is 1. The molecule has 0 aliphatic heterocycles. The molecule has 0 aliphatic rings. The summed E-state index contributed by atoms with van der Waals surface area (Å²) in [6.07, 6.45) is 0. The van der Waals surface area contributed by atoms with Crippen molar-refractivity contribution >= 4 is 11.9 Å². The van der Waals surface area contributed by atoms with Crippen molar-refractivity contribution in [3.8, 4) is 11.5 Å². The summed E-state index contributed by atoms with van der Waals surface area (Å²) in [4.78, 5) is 22.1. The van der Waals surface area contributed by atoms with E-state index in [4.69, 9.17) is 15.3 Å². The molecule has 0 unspecified atom stereocenters. The number of hydrogen-bond donors (Lipinski definition) is 5. The summed E-state index contributed by atoms with van der Waals surface area (Å²) in [5.41, 5.74) is -0.273. The number of carbonyl (C=O) groups excluding carboxylic acids is 1. The van der Waals surface area contributed by atoms with E-state index < -0.39 is 30.3 Å². The molecular formula is C10H11NO6. The Bertz CT molecular complexity index is 444. The molecule has 1 rings (SSSR count). The van der Waals surface area contributed by atoms with E-state index in [2.05, 4.69) is 0 Å². The molecule has 0 fully saturated rings. The lowest BCUT2D eigenvalue weighted by molar-refractivity contribution is -0.140. The van der Waals surface area contributed by atoms with Crippen LogP contribution in [0, 0.1) is 0 Å². The van der Waals surface area contributed by atoms with Crippen LogP contribution in [0.5, 0.6) is 11.5 Å². The lowest BCUT2D eigenvalue weighted by atomic mass is 10.1. The molecule has 0 bridgehead atoms. The fourth-order valence-corrected chi connectivity index (χ4v) is 1.13. The van der Waals surface area contributed by atoms with Gasteiger partial charge in [-0.2, -0.15) is 0 Å². The van der Waals surface area contributed by atoms with Crippen LogP contribution in [0.2, 0.25) is 0 Å². The van der Waals surface area contributed by atoms with Crippen LogP contribution in [0.15, 0.2) is 18.2 Å². The van der Waals surface area contributed by atoms with Gasteiger partial charge in [-0.1, -0.05) is 0 Å². The predicted molar refractivity (Wildman–Crippen MR) is 55.7 cm³/mol. The Morgan fingerprint density at radius 3 is 2.47 bits per heavy atom. The van der Waals surface area contributed by atoms with Gasteiger partial charge in [0.25, 0.3) is 5.91 Å². The summed E-state index contributed by atoms with van der Waals surface area (Å²) >= 11 is 0. The molecule has 5 N–H and O–H groups in total. The Morgan fingerprint density at radius 1 is 1.29 bits per heavy atom. The van der Waals surface area contributed by atoms with Crippen molar-refractivity contribution in [1.82, 2.24) is 5.32 Å². The summed E-state index contributed by atoms with van der Waals surface area (Å²) < 4.78 is 0. The van der Waals surface area contributed by atoms with Gasteiger partial charge < -0.3 is 25.7 Å². The molecule has 0 saturated heterocycles. The van der Waals surface area contributed by atoms with E-state index in [0.717, 1.165) is 12.1 Å². The van der Waals surface area contributed by atoms with E-state index in [-0.39, 0.29) is 11.3 Å². The number of aliphatic hydroxyl groups excluding tert-OH is 1. The summed E-state index contributed by atoms with van der Waals surface area (Å²) in [5, 5.41) is 37.8. The van der Waals surface area contributed by atoms with E-state index in [1.165, 1.54) is 6.07 Å². The molecule has 1 atom stereocenters. The smallest absolute Gasteiger partial charge is 0.328 e. The van der Waals surface area contributed by atoms with Crippen LogP contribution in [-0.2, 0) is 4.79 Å². The number of rotatable bonds is 4. The highest BCUT2D eigenvalue weighted by atomic mass is 16.4. The van der Waals surface area contributed by atoms with E-state index in [1.54, 1.807) is 0 Å². The maximum absolute atomic E-state index is 11.5. The van der Waals surface area contributed by atoms with Crippen molar-refractivity contribution in [2.75, 3.05) is 6.61 Å². The summed E-state index contributed by atoms with van der Waals surface area (Å²) in [7, 11) is 0. The Kier molecular flexibility index (Phi) is 3.89. The first kappa shape index (κ1) is 12.8. The standard InChI is InChI=1S/C10H11NO6/c12-4-7(10(16)17)11-9(15)6-3-5(13)1-2-8(6)14/h1-3,7,12-14H,4H2,(H,11,15)(H,16,17)/t7-/m0/s1. The average Bonchev–Trinajstić information content (AvgIpc) is 2.28. The zero-order chi connectivity index (χ0) is 13.0. The SMILES string of the molecule is O=C(N[C@@H](CO)C(=O)O)c1cc(O)ccc1O. The van der Waals surface area contributed by atoms with Crippen molar-refractivity contribution in [3.63, 3.8) is 0 Å². The number of nitrogens with one attached hydrogen (secondary N) is 1. The molecule has 0 aromatic heterocycles. The normalized spacial score (nSPS) is 11.8. The highest BCUT2D eigenvalue weighted by Gasteiger charge is 2.21. The largest absolute Gasteiger partial charge is 0.508 e. The molecule has 0 saturated carbocycles. The Balaban J connectivity index is 2.89. The number of carboxylic acids is 1. The van der Waals surface area contributed by atoms with Gasteiger partial charge in [-0.15, -0.1) is 0 Å². The fraction of sp³-hybridized carbons (Fsp3) is 0.200. The third-order valence-corrected chi connectivity index (χ3v) is 2.01. The maximum atomic E-state index is 11.5. The number of aliphatic carboxylic acids is 1. The van der Waals surface area contributed by atoms with Gasteiger partial charge in [0.1, 0.15) is 11.5 Å². The minimum absolute atomic E-state index is 0.246. The Morgan fingerprint density at radius 2 is 1.94 bits per heavy atom. The number of aliphatic hydroxyl groups is 1. The Labute approximate surface area is 95.9 Å². The molecule has 7 nitrogen and oxygen atoms in total. The molecule has 0 heterocycles. The first-order valence-corrected chi connectivity index (χ1v) is 4.62. The number of carbonyl (C=O) groups is 2. The van der Waals surface area contributed by atoms with Crippen LogP contribution in [0.1, 0.15) is 10.4 Å². The third kappa shape index (κ3) is 3.08. The average molecular weight is 241 g/mol. The summed E-state index contributed by atoms with van der Waals surface area (Å²) in [6.45, 7) is -0.777. The van der Waals surface area contributed by atoms with Gasteiger partial charge in [0.05, 0.1) is 12.2 Å². The zero-order valence-corrected chi connectivity index (χ0v) is 8.62. The minimum Gasteiger partial charge on any atom is -0.508 e. The summed E-state index contributed by atoms with van der Waals surface area (Å²) in [6, 6.07) is 1.79. The number of hydrogen-bond acceptors (Lipinski definition) is 5. The number of carboxylic acid groups (broad SMARTS) is 1. The second kappa shape index (κ2) is 5.17. The van der Waals surface area contributed by atoms with Crippen molar-refractivity contribution in [2.45, 2.75) is 6.04 Å². The molecule has 7 heteroatoms. The lowest BCUT2D eigenvalue weighted by Gasteiger charge is -2.12. The van der Waals surface area contributed by atoms with E-state index in [0.29, 0.717) is 0 Å². The van der Waals surface area contributed by atoms with Crippen LogP contribution in [-0.4, -0.2) is 45.0 Å². The van der Waals surface area contributed by atoms with Gasteiger partial charge in [-0.3, -0.25) is 4.79 Å². The van der Waals surface area contributed by atoms with Gasteiger partial charge in [-0.05, 0) is 18.2 Å². The lowest BCUT2D eigenvalue weighted by Crippen LogP contribution is -2.43. The van der Waals surface area contributed by atoms with Crippen LogP contribution in [0.3, 0.4) is 0 Å². The van der Waals surface area contributed by atoms with Crippen molar-refractivity contribution in [2.24, 2.45) is 0 Å². The number of phenolic OH excluding ortho intramolecular Hbond substituents is 2. The maximum Gasteiger partial charge on any atom is 0.328 e. The molecule has 0 radical (unpaired) electrons. The quantitative estimate of drug-likeness (QED) is 0.442. The van der Waals surface area contributed by atoms with Gasteiger partial charge in [0.2, 0.25) is 0 Å². The van der Waals surface area contributed by atoms with Gasteiger partial charge in [0.15, 0.2) is 6.04 Å². The highest BCUT2D eigenvalue weighted by molar-refractivity contribution is 5.99. The molecule has 1 aromatic rings. The fourth-order valence-electron chi connectivity index (χ4n) is 1.13. The molecule has 1 aromatic carbocycles. The molecular weight excluding hydrogens is 230 g/mol. The second-order valence-electron chi connectivity index (χ2n) is 3.25. The van der Waals surface area contributed by atoms with Crippen molar-refractivity contribution < 1.29 is 30.0 Å². The molecule has 0 aliphatic carbocycles. The van der Waals surface area contributed by atoms with Crippen LogP contribution in [0.4, 0.5) is 0 Å². The molecule has 1 amide bonds. The van der Waals surface area contributed by atoms with E-state index >= 15 is 0 Å². The van der Waals surface area contributed by atoms with Crippen molar-refractivity contribution in [3.05, 3.63) is 23.8 Å². The van der Waals surface area contributed by atoms with Crippen LogP contribution in [0.25, 0.3) is 0 Å². The molecule has 0 spiro atoms.